The fourth-order valence-electron chi connectivity index (χ4n) is 1.68. The highest BCUT2D eigenvalue weighted by atomic mass is 35.5. The summed E-state index contributed by atoms with van der Waals surface area (Å²) in [6.45, 7) is 5.13. The molecule has 1 unspecified atom stereocenters. The van der Waals surface area contributed by atoms with Crippen molar-refractivity contribution in [3.63, 3.8) is 0 Å². The monoisotopic (exact) mass is 244 g/mol. The maximum absolute atomic E-state index is 13.4. The summed E-state index contributed by atoms with van der Waals surface area (Å²) in [4.78, 5) is 11.1. The minimum Gasteiger partial charge on any atom is -0.481 e. The molecule has 0 aromatic heterocycles. The van der Waals surface area contributed by atoms with Crippen molar-refractivity contribution < 1.29 is 14.3 Å². The lowest BCUT2D eigenvalue weighted by Gasteiger charge is -2.18. The molecule has 0 saturated heterocycles. The van der Waals surface area contributed by atoms with Crippen molar-refractivity contribution >= 4 is 17.6 Å². The first-order valence-electron chi connectivity index (χ1n) is 5.03. The molecule has 16 heavy (non-hydrogen) atoms. The zero-order valence-corrected chi connectivity index (χ0v) is 10.2. The maximum Gasteiger partial charge on any atom is 0.311 e. The Morgan fingerprint density at radius 2 is 2.00 bits per heavy atom. The maximum atomic E-state index is 13.4. The van der Waals surface area contributed by atoms with E-state index in [0.717, 1.165) is 0 Å². The third-order valence-electron chi connectivity index (χ3n) is 2.55. The van der Waals surface area contributed by atoms with Crippen molar-refractivity contribution in [1.29, 1.82) is 0 Å². The highest BCUT2D eigenvalue weighted by Crippen LogP contribution is 2.32. The molecule has 0 aliphatic rings. The van der Waals surface area contributed by atoms with Crippen molar-refractivity contribution in [2.24, 2.45) is 5.92 Å². The van der Waals surface area contributed by atoms with E-state index in [4.69, 9.17) is 16.7 Å². The topological polar surface area (TPSA) is 37.3 Å². The first kappa shape index (κ1) is 13.0. The Bertz CT molecular complexity index is 416. The van der Waals surface area contributed by atoms with Gasteiger partial charge in [0.15, 0.2) is 0 Å². The van der Waals surface area contributed by atoms with Crippen LogP contribution in [-0.4, -0.2) is 11.1 Å². The van der Waals surface area contributed by atoms with E-state index in [1.165, 1.54) is 12.1 Å². The van der Waals surface area contributed by atoms with Crippen molar-refractivity contribution in [3.8, 4) is 0 Å². The Morgan fingerprint density at radius 3 is 2.44 bits per heavy atom. The van der Waals surface area contributed by atoms with Gasteiger partial charge in [0.2, 0.25) is 0 Å². The van der Waals surface area contributed by atoms with E-state index in [1.807, 2.05) is 0 Å². The second-order valence-electron chi connectivity index (χ2n) is 4.18. The summed E-state index contributed by atoms with van der Waals surface area (Å²) >= 11 is 5.95. The number of carbonyl (C=O) groups is 1. The normalized spacial score (nSPS) is 12.9. The van der Waals surface area contributed by atoms with Crippen LogP contribution in [-0.2, 0) is 4.79 Å². The lowest BCUT2D eigenvalue weighted by molar-refractivity contribution is -0.139. The molecule has 1 aromatic carbocycles. The number of carboxylic acids is 1. The van der Waals surface area contributed by atoms with E-state index < -0.39 is 17.7 Å². The fraction of sp³-hybridized carbons (Fsp3) is 0.417. The first-order chi connectivity index (χ1) is 7.34. The molecule has 0 fully saturated rings. The number of carboxylic acid groups (broad SMARTS) is 1. The summed E-state index contributed by atoms with van der Waals surface area (Å²) in [5.41, 5.74) is 0.758. The number of hydrogen-bond donors (Lipinski definition) is 1. The molecule has 88 valence electrons. The molecule has 0 aliphatic carbocycles. The molecule has 0 amide bonds. The quantitative estimate of drug-likeness (QED) is 0.882. The zero-order chi connectivity index (χ0) is 12.5. The molecule has 1 rings (SSSR count). The van der Waals surface area contributed by atoms with Gasteiger partial charge in [-0.25, -0.2) is 4.39 Å². The fourth-order valence-corrected chi connectivity index (χ4v) is 2.01. The van der Waals surface area contributed by atoms with E-state index in [0.29, 0.717) is 16.1 Å². The molecular formula is C12H14ClFO2. The average molecular weight is 245 g/mol. The van der Waals surface area contributed by atoms with E-state index in [1.54, 1.807) is 20.8 Å². The molecule has 0 aliphatic heterocycles. The van der Waals surface area contributed by atoms with Gasteiger partial charge in [-0.15, -0.1) is 0 Å². The van der Waals surface area contributed by atoms with Crippen LogP contribution in [0.2, 0.25) is 5.02 Å². The Kier molecular flexibility index (Phi) is 3.92. The van der Waals surface area contributed by atoms with Gasteiger partial charge in [0.25, 0.3) is 0 Å². The number of benzene rings is 1. The number of aryl methyl sites for hydroxylation is 1. The molecule has 1 atom stereocenters. The molecule has 0 spiro atoms. The molecule has 0 bridgehead atoms. The van der Waals surface area contributed by atoms with Gasteiger partial charge in [0.05, 0.1) is 5.92 Å². The molecule has 0 radical (unpaired) electrons. The summed E-state index contributed by atoms with van der Waals surface area (Å²) in [6.07, 6.45) is 0. The SMILES string of the molecule is Cc1cc(Cl)c(C(C(=O)O)C(C)C)cc1F. The average Bonchev–Trinajstić information content (AvgIpc) is 2.12. The van der Waals surface area contributed by atoms with Gasteiger partial charge in [-0.2, -0.15) is 0 Å². The summed E-state index contributed by atoms with van der Waals surface area (Å²) < 4.78 is 13.4. The van der Waals surface area contributed by atoms with Crippen LogP contribution < -0.4 is 0 Å². The van der Waals surface area contributed by atoms with Crippen LogP contribution in [0.25, 0.3) is 0 Å². The Labute approximate surface area is 99.0 Å². The van der Waals surface area contributed by atoms with Crippen LogP contribution in [0.5, 0.6) is 0 Å². The van der Waals surface area contributed by atoms with Crippen LogP contribution in [0, 0.1) is 18.7 Å². The van der Waals surface area contributed by atoms with Crippen LogP contribution >= 0.6 is 11.6 Å². The minimum atomic E-state index is -0.986. The highest BCUT2D eigenvalue weighted by molar-refractivity contribution is 6.31. The first-order valence-corrected chi connectivity index (χ1v) is 5.40. The van der Waals surface area contributed by atoms with E-state index in [2.05, 4.69) is 0 Å². The summed E-state index contributed by atoms with van der Waals surface area (Å²) in [6, 6.07) is 2.68. The number of aliphatic carboxylic acids is 1. The lowest BCUT2D eigenvalue weighted by Crippen LogP contribution is -2.18. The molecule has 0 heterocycles. The Balaban J connectivity index is 3.30. The predicted octanol–water partition coefficient (Wildman–Crippen LogP) is 3.61. The smallest absolute Gasteiger partial charge is 0.311 e. The van der Waals surface area contributed by atoms with Gasteiger partial charge in [-0.05, 0) is 36.1 Å². The van der Waals surface area contributed by atoms with Gasteiger partial charge in [0.1, 0.15) is 5.82 Å². The van der Waals surface area contributed by atoms with Gasteiger partial charge in [-0.3, -0.25) is 4.79 Å². The van der Waals surface area contributed by atoms with E-state index in [9.17, 15) is 9.18 Å². The molecule has 0 saturated carbocycles. The van der Waals surface area contributed by atoms with E-state index in [-0.39, 0.29) is 5.92 Å². The van der Waals surface area contributed by atoms with E-state index >= 15 is 0 Å². The number of rotatable bonds is 3. The molecular weight excluding hydrogens is 231 g/mol. The minimum absolute atomic E-state index is 0.142. The van der Waals surface area contributed by atoms with Crippen LogP contribution in [0.15, 0.2) is 12.1 Å². The Hall–Kier alpha value is -1.09. The predicted molar refractivity (Wildman–Crippen MR) is 61.4 cm³/mol. The molecule has 1 N–H and O–H groups in total. The van der Waals surface area contributed by atoms with Crippen molar-refractivity contribution in [1.82, 2.24) is 0 Å². The van der Waals surface area contributed by atoms with Gasteiger partial charge in [0, 0.05) is 5.02 Å². The summed E-state index contributed by atoms with van der Waals surface area (Å²) in [5, 5.41) is 9.41. The number of halogens is 2. The molecule has 2 nitrogen and oxygen atoms in total. The molecule has 4 heteroatoms. The third-order valence-corrected chi connectivity index (χ3v) is 2.87. The second kappa shape index (κ2) is 4.83. The van der Waals surface area contributed by atoms with Gasteiger partial charge in [-0.1, -0.05) is 25.4 Å². The standard InChI is InChI=1S/C12H14ClFO2/c1-6(2)11(12(15)16)8-5-10(14)7(3)4-9(8)13/h4-6,11H,1-3H3,(H,15,16). The van der Waals surface area contributed by atoms with Gasteiger partial charge >= 0.3 is 5.97 Å². The third kappa shape index (κ3) is 2.53. The van der Waals surface area contributed by atoms with Gasteiger partial charge < -0.3 is 5.11 Å². The zero-order valence-electron chi connectivity index (χ0n) is 9.42. The highest BCUT2D eigenvalue weighted by Gasteiger charge is 2.26. The van der Waals surface area contributed by atoms with Crippen molar-refractivity contribution in [2.45, 2.75) is 26.7 Å². The van der Waals surface area contributed by atoms with Crippen LogP contribution in [0.1, 0.15) is 30.9 Å². The second-order valence-corrected chi connectivity index (χ2v) is 4.59. The van der Waals surface area contributed by atoms with Crippen molar-refractivity contribution in [2.75, 3.05) is 0 Å². The largest absolute Gasteiger partial charge is 0.481 e. The molecule has 1 aromatic rings. The summed E-state index contributed by atoms with van der Waals surface area (Å²) in [5.74, 6) is -2.33. The van der Waals surface area contributed by atoms with Crippen LogP contribution in [0.4, 0.5) is 4.39 Å². The Morgan fingerprint density at radius 1 is 1.44 bits per heavy atom. The summed E-state index contributed by atoms with van der Waals surface area (Å²) in [7, 11) is 0. The lowest BCUT2D eigenvalue weighted by atomic mass is 9.88. The van der Waals surface area contributed by atoms with Crippen LogP contribution in [0.3, 0.4) is 0 Å². The number of hydrogen-bond acceptors (Lipinski definition) is 1. The van der Waals surface area contributed by atoms with Crippen molar-refractivity contribution in [3.05, 3.63) is 34.1 Å².